The lowest BCUT2D eigenvalue weighted by Gasteiger charge is -2.52. The number of carbonyl (C=O) groups excluding carboxylic acids is 2. The normalized spacial score (nSPS) is 31.5. The van der Waals surface area contributed by atoms with Gasteiger partial charge in [0.2, 0.25) is 5.91 Å². The Hall–Kier alpha value is -1.89. The molecule has 3 fully saturated rings. The second-order valence-electron chi connectivity index (χ2n) is 7.99. The highest BCUT2D eigenvalue weighted by Crippen LogP contribution is 2.38. The van der Waals surface area contributed by atoms with Crippen LogP contribution in [0.4, 0.5) is 0 Å². The van der Waals surface area contributed by atoms with Crippen molar-refractivity contribution in [1.82, 2.24) is 24.7 Å². The Morgan fingerprint density at radius 1 is 1.28 bits per heavy atom. The first kappa shape index (κ1) is 15.4. The molecule has 2 unspecified atom stereocenters. The molecule has 0 aliphatic carbocycles. The number of piperidine rings is 3. The van der Waals surface area contributed by atoms with Gasteiger partial charge in [0.25, 0.3) is 5.91 Å². The van der Waals surface area contributed by atoms with Crippen LogP contribution >= 0.6 is 0 Å². The maximum Gasteiger partial charge on any atom is 0.274 e. The molecule has 0 radical (unpaired) electrons. The maximum absolute atomic E-state index is 13.0. The lowest BCUT2D eigenvalue weighted by atomic mass is 9.76. The molecule has 1 N–H and O–H groups in total. The van der Waals surface area contributed by atoms with E-state index in [1.165, 1.54) is 0 Å². The van der Waals surface area contributed by atoms with E-state index in [9.17, 15) is 9.59 Å². The summed E-state index contributed by atoms with van der Waals surface area (Å²) in [7, 11) is 0. The highest BCUT2D eigenvalue weighted by atomic mass is 16.2. The van der Waals surface area contributed by atoms with Crippen molar-refractivity contribution in [2.24, 2.45) is 11.8 Å². The zero-order valence-corrected chi connectivity index (χ0v) is 14.5. The van der Waals surface area contributed by atoms with Crippen LogP contribution in [0, 0.1) is 11.8 Å². The number of fused-ring (bicyclic) bond motifs is 5. The van der Waals surface area contributed by atoms with Crippen molar-refractivity contribution in [2.75, 3.05) is 26.2 Å². The van der Waals surface area contributed by atoms with Gasteiger partial charge in [-0.25, -0.2) is 4.98 Å². The van der Waals surface area contributed by atoms with E-state index in [0.717, 1.165) is 64.4 Å². The molecule has 25 heavy (non-hydrogen) atoms. The molecule has 0 saturated carbocycles. The van der Waals surface area contributed by atoms with Gasteiger partial charge < -0.3 is 19.7 Å². The summed E-state index contributed by atoms with van der Waals surface area (Å²) in [5, 5.41) is 3.29. The summed E-state index contributed by atoms with van der Waals surface area (Å²) in [5.41, 5.74) is 0.579. The Morgan fingerprint density at radius 2 is 2.20 bits per heavy atom. The van der Waals surface area contributed by atoms with Gasteiger partial charge >= 0.3 is 0 Å². The van der Waals surface area contributed by atoms with Crippen molar-refractivity contribution in [2.45, 2.75) is 44.8 Å². The molecule has 134 valence electrons. The predicted molar refractivity (Wildman–Crippen MR) is 90.8 cm³/mol. The van der Waals surface area contributed by atoms with Crippen molar-refractivity contribution < 1.29 is 9.59 Å². The van der Waals surface area contributed by atoms with Gasteiger partial charge in [-0.05, 0) is 31.1 Å². The molecular weight excluding hydrogens is 318 g/mol. The number of nitrogens with zero attached hydrogens (tertiary/aromatic N) is 4. The molecule has 2 bridgehead atoms. The molecule has 3 atom stereocenters. The van der Waals surface area contributed by atoms with Crippen molar-refractivity contribution in [3.05, 3.63) is 17.7 Å². The van der Waals surface area contributed by atoms with E-state index in [-0.39, 0.29) is 5.91 Å². The van der Waals surface area contributed by atoms with Crippen LogP contribution < -0.4 is 5.32 Å². The Morgan fingerprint density at radius 3 is 3.08 bits per heavy atom. The Labute approximate surface area is 147 Å². The highest BCUT2D eigenvalue weighted by molar-refractivity contribution is 5.92. The quantitative estimate of drug-likeness (QED) is 0.804. The van der Waals surface area contributed by atoms with Crippen LogP contribution in [0.25, 0.3) is 0 Å². The largest absolute Gasteiger partial charge is 0.339 e. The van der Waals surface area contributed by atoms with Gasteiger partial charge in [0.15, 0.2) is 0 Å². The first-order valence-corrected chi connectivity index (χ1v) is 9.54. The lowest BCUT2D eigenvalue weighted by Crippen LogP contribution is -2.61. The van der Waals surface area contributed by atoms with Gasteiger partial charge in [0, 0.05) is 51.4 Å². The van der Waals surface area contributed by atoms with Crippen LogP contribution in [0.2, 0.25) is 0 Å². The summed E-state index contributed by atoms with van der Waals surface area (Å²) < 4.78 is 2.09. The third-order valence-corrected chi connectivity index (χ3v) is 6.36. The van der Waals surface area contributed by atoms with Crippen LogP contribution in [-0.2, 0) is 17.9 Å². The molecule has 0 spiro atoms. The topological polar surface area (TPSA) is 70.5 Å². The summed E-state index contributed by atoms with van der Waals surface area (Å²) >= 11 is 0. The number of amides is 2. The number of carbonyl (C=O) groups is 2. The van der Waals surface area contributed by atoms with Crippen molar-refractivity contribution in [3.8, 4) is 0 Å². The Bertz CT molecular complexity index is 691. The lowest BCUT2D eigenvalue weighted by molar-refractivity contribution is -0.144. The molecule has 1 aromatic heterocycles. The minimum absolute atomic E-state index is 0.0622. The number of aromatic nitrogens is 2. The number of hydrogen-bond donors (Lipinski definition) is 1. The number of rotatable bonds is 1. The van der Waals surface area contributed by atoms with Gasteiger partial charge in [-0.2, -0.15) is 0 Å². The van der Waals surface area contributed by atoms with E-state index in [0.29, 0.717) is 35.9 Å². The van der Waals surface area contributed by atoms with Crippen molar-refractivity contribution >= 4 is 11.8 Å². The summed E-state index contributed by atoms with van der Waals surface area (Å²) in [6, 6.07) is 0.340. The smallest absolute Gasteiger partial charge is 0.274 e. The maximum atomic E-state index is 13.0. The first-order valence-electron chi connectivity index (χ1n) is 9.54. The van der Waals surface area contributed by atoms with Crippen LogP contribution in [0.5, 0.6) is 0 Å². The third kappa shape index (κ3) is 2.56. The van der Waals surface area contributed by atoms with E-state index in [1.54, 1.807) is 0 Å². The highest BCUT2D eigenvalue weighted by Gasteiger charge is 2.45. The molecule has 2 amide bonds. The van der Waals surface area contributed by atoms with Gasteiger partial charge in [0.05, 0.1) is 6.54 Å². The fourth-order valence-corrected chi connectivity index (χ4v) is 5.23. The minimum Gasteiger partial charge on any atom is -0.339 e. The van der Waals surface area contributed by atoms with Crippen LogP contribution in [0.3, 0.4) is 0 Å². The summed E-state index contributed by atoms with van der Waals surface area (Å²) in [5.74, 6) is 2.18. The number of hydrogen-bond acceptors (Lipinski definition) is 4. The standard InChI is InChI=1S/C18H25N5O2/c24-17-3-1-2-15-13-6-12(9-23(15)17)8-22(10-13)18(25)14-11-21-5-4-19-7-16(21)20-14/h11-13,15,19H,1-10H2/t12?,13?,15-/m0/s1. The number of imidazole rings is 1. The van der Waals surface area contributed by atoms with E-state index < -0.39 is 0 Å². The minimum atomic E-state index is 0.0622. The van der Waals surface area contributed by atoms with E-state index >= 15 is 0 Å². The predicted octanol–water partition coefficient (Wildman–Crippen LogP) is 0.459. The van der Waals surface area contributed by atoms with Crippen molar-refractivity contribution in [3.63, 3.8) is 0 Å². The number of nitrogens with one attached hydrogen (secondary N) is 1. The number of likely N-dealkylation sites (tertiary alicyclic amines) is 1. The molecule has 3 saturated heterocycles. The summed E-state index contributed by atoms with van der Waals surface area (Å²) in [6.07, 6.45) is 5.86. The van der Waals surface area contributed by atoms with E-state index in [2.05, 4.69) is 19.8 Å². The molecule has 0 aromatic carbocycles. The fraction of sp³-hybridized carbons (Fsp3) is 0.722. The molecule has 7 nitrogen and oxygen atoms in total. The first-order chi connectivity index (χ1) is 12.2. The van der Waals surface area contributed by atoms with E-state index in [1.807, 2.05) is 11.1 Å². The van der Waals surface area contributed by atoms with Crippen molar-refractivity contribution in [1.29, 1.82) is 0 Å². The van der Waals surface area contributed by atoms with Gasteiger partial charge in [-0.1, -0.05) is 0 Å². The average molecular weight is 343 g/mol. The second-order valence-corrected chi connectivity index (χ2v) is 7.99. The van der Waals surface area contributed by atoms with E-state index in [4.69, 9.17) is 0 Å². The molecule has 4 aliphatic rings. The Kier molecular flexibility index (Phi) is 3.58. The zero-order chi connectivity index (χ0) is 17.0. The molecule has 4 aliphatic heterocycles. The molecular formula is C18H25N5O2. The zero-order valence-electron chi connectivity index (χ0n) is 14.5. The molecule has 1 aromatic rings. The van der Waals surface area contributed by atoms with Crippen LogP contribution in [0.15, 0.2) is 6.20 Å². The van der Waals surface area contributed by atoms with Gasteiger partial charge in [0.1, 0.15) is 11.5 Å². The monoisotopic (exact) mass is 343 g/mol. The van der Waals surface area contributed by atoms with Gasteiger partial charge in [-0.3, -0.25) is 9.59 Å². The Balaban J connectivity index is 1.35. The fourth-order valence-electron chi connectivity index (χ4n) is 5.23. The average Bonchev–Trinajstić information content (AvgIpc) is 3.06. The molecule has 5 rings (SSSR count). The molecule has 7 heteroatoms. The summed E-state index contributed by atoms with van der Waals surface area (Å²) in [6.45, 7) is 4.89. The SMILES string of the molecule is O=C(c1cn2c(n1)CNCC2)N1CC2CC(C1)[C@@H]1CCCC(=O)N1C2. The second kappa shape index (κ2) is 5.83. The summed E-state index contributed by atoms with van der Waals surface area (Å²) in [4.78, 5) is 33.9. The van der Waals surface area contributed by atoms with Crippen LogP contribution in [0.1, 0.15) is 42.0 Å². The third-order valence-electron chi connectivity index (χ3n) is 6.36. The van der Waals surface area contributed by atoms with Gasteiger partial charge in [-0.15, -0.1) is 0 Å². The molecule has 5 heterocycles. The van der Waals surface area contributed by atoms with Crippen LogP contribution in [-0.4, -0.2) is 63.4 Å².